The van der Waals surface area contributed by atoms with Gasteiger partial charge in [0.05, 0.1) is 11.6 Å². The summed E-state index contributed by atoms with van der Waals surface area (Å²) in [4.78, 5) is 0. The maximum absolute atomic E-state index is 6.16. The van der Waals surface area contributed by atoms with Crippen LogP contribution in [0.3, 0.4) is 0 Å². The summed E-state index contributed by atoms with van der Waals surface area (Å²) in [6, 6.07) is 9.04. The average molecular weight is 274 g/mol. The third-order valence-corrected chi connectivity index (χ3v) is 5.20. The fourth-order valence-electron chi connectivity index (χ4n) is 4.15. The molecule has 3 heteroatoms. The highest BCUT2D eigenvalue weighted by Gasteiger charge is 2.43. The van der Waals surface area contributed by atoms with Gasteiger partial charge in [-0.2, -0.15) is 0 Å². The van der Waals surface area contributed by atoms with E-state index in [-0.39, 0.29) is 11.6 Å². The summed E-state index contributed by atoms with van der Waals surface area (Å²) >= 11 is 0. The van der Waals surface area contributed by atoms with E-state index in [0.29, 0.717) is 5.92 Å². The molecule has 3 rings (SSSR count). The minimum atomic E-state index is -0.0337. The van der Waals surface area contributed by atoms with Gasteiger partial charge in [0.25, 0.3) is 0 Å². The molecular formula is C17H26N2O. The van der Waals surface area contributed by atoms with E-state index in [1.54, 1.807) is 0 Å². The number of hydrogen-bond donors (Lipinski definition) is 2. The highest BCUT2D eigenvalue weighted by Crippen LogP contribution is 2.43. The lowest BCUT2D eigenvalue weighted by Gasteiger charge is -2.41. The molecule has 0 bridgehead atoms. The number of fused-ring (bicyclic) bond motifs is 1. The van der Waals surface area contributed by atoms with Crippen LogP contribution in [-0.2, 0) is 11.2 Å². The molecule has 3 N–H and O–H groups in total. The molecule has 0 radical (unpaired) electrons. The molecule has 0 aliphatic heterocycles. The molecule has 1 aromatic rings. The fraction of sp³-hybridized carbons (Fsp3) is 0.647. The molecule has 1 fully saturated rings. The molecule has 0 aromatic heterocycles. The van der Waals surface area contributed by atoms with Gasteiger partial charge in [-0.3, -0.25) is 11.3 Å². The van der Waals surface area contributed by atoms with Crippen molar-refractivity contribution in [2.24, 2.45) is 5.84 Å². The first-order valence-electron chi connectivity index (χ1n) is 7.97. The topological polar surface area (TPSA) is 47.3 Å². The van der Waals surface area contributed by atoms with Crippen LogP contribution in [0.5, 0.6) is 0 Å². The van der Waals surface area contributed by atoms with Gasteiger partial charge in [0.1, 0.15) is 0 Å². The van der Waals surface area contributed by atoms with E-state index < -0.39 is 0 Å². The van der Waals surface area contributed by atoms with Crippen molar-refractivity contribution in [2.45, 2.75) is 63.0 Å². The van der Waals surface area contributed by atoms with Crippen molar-refractivity contribution in [3.8, 4) is 0 Å². The maximum Gasteiger partial charge on any atom is 0.0848 e. The van der Waals surface area contributed by atoms with Gasteiger partial charge in [0, 0.05) is 6.61 Å². The first-order valence-corrected chi connectivity index (χ1v) is 7.97. The second kappa shape index (κ2) is 5.84. The number of benzene rings is 1. The standard InChI is InChI=1S/C17H26N2O/c1-2-20-17(9-5-6-10-17)16(19-18)12-14-11-13-7-3-4-8-15(13)14/h3-4,7-8,14,16,19H,2,5-6,9-12,18H2,1H3. The number of hydrazine groups is 1. The second-order valence-corrected chi connectivity index (χ2v) is 6.26. The third kappa shape index (κ3) is 2.39. The van der Waals surface area contributed by atoms with Gasteiger partial charge in [0.15, 0.2) is 0 Å². The van der Waals surface area contributed by atoms with Crippen molar-refractivity contribution in [2.75, 3.05) is 6.61 Å². The van der Waals surface area contributed by atoms with E-state index in [1.807, 2.05) is 0 Å². The first-order chi connectivity index (χ1) is 9.79. The summed E-state index contributed by atoms with van der Waals surface area (Å²) in [5.74, 6) is 6.53. The van der Waals surface area contributed by atoms with E-state index >= 15 is 0 Å². The van der Waals surface area contributed by atoms with Gasteiger partial charge in [-0.05, 0) is 49.7 Å². The molecule has 2 aliphatic carbocycles. The Morgan fingerprint density at radius 2 is 2.10 bits per heavy atom. The molecule has 0 spiro atoms. The highest BCUT2D eigenvalue weighted by molar-refractivity contribution is 5.40. The zero-order chi connectivity index (χ0) is 14.0. The zero-order valence-corrected chi connectivity index (χ0v) is 12.4. The van der Waals surface area contributed by atoms with E-state index in [9.17, 15) is 0 Å². The predicted molar refractivity (Wildman–Crippen MR) is 81.4 cm³/mol. The molecule has 3 nitrogen and oxygen atoms in total. The molecule has 2 atom stereocenters. The van der Waals surface area contributed by atoms with Crippen molar-refractivity contribution in [3.05, 3.63) is 35.4 Å². The van der Waals surface area contributed by atoms with Crippen LogP contribution in [0, 0.1) is 0 Å². The molecule has 2 unspecified atom stereocenters. The van der Waals surface area contributed by atoms with Crippen molar-refractivity contribution in [3.63, 3.8) is 0 Å². The Morgan fingerprint density at radius 3 is 2.75 bits per heavy atom. The van der Waals surface area contributed by atoms with Crippen LogP contribution in [-0.4, -0.2) is 18.2 Å². The van der Waals surface area contributed by atoms with Crippen LogP contribution in [0.4, 0.5) is 0 Å². The van der Waals surface area contributed by atoms with Crippen LogP contribution in [0.25, 0.3) is 0 Å². The molecule has 110 valence electrons. The van der Waals surface area contributed by atoms with Gasteiger partial charge in [0.2, 0.25) is 0 Å². The summed E-state index contributed by atoms with van der Waals surface area (Å²) in [7, 11) is 0. The number of rotatable bonds is 6. The van der Waals surface area contributed by atoms with Crippen LogP contribution in [0.15, 0.2) is 24.3 Å². The first kappa shape index (κ1) is 14.1. The minimum absolute atomic E-state index is 0.0337. The Bertz CT molecular complexity index is 454. The summed E-state index contributed by atoms with van der Waals surface area (Å²) in [6.07, 6.45) is 7.09. The van der Waals surface area contributed by atoms with E-state index in [2.05, 4.69) is 36.6 Å². The van der Waals surface area contributed by atoms with E-state index in [4.69, 9.17) is 10.6 Å². The lowest BCUT2D eigenvalue weighted by atomic mass is 9.72. The monoisotopic (exact) mass is 274 g/mol. The lowest BCUT2D eigenvalue weighted by molar-refractivity contribution is -0.0651. The number of nitrogens with one attached hydrogen (secondary N) is 1. The molecule has 0 amide bonds. The van der Waals surface area contributed by atoms with Gasteiger partial charge in [-0.15, -0.1) is 0 Å². The smallest absolute Gasteiger partial charge is 0.0848 e. The summed E-state index contributed by atoms with van der Waals surface area (Å²) in [5.41, 5.74) is 6.06. The quantitative estimate of drug-likeness (QED) is 0.619. The summed E-state index contributed by atoms with van der Waals surface area (Å²) in [6.45, 7) is 2.87. The van der Waals surface area contributed by atoms with Crippen molar-refractivity contribution >= 4 is 0 Å². The third-order valence-electron chi connectivity index (χ3n) is 5.20. The normalized spacial score (nSPS) is 25.0. The van der Waals surface area contributed by atoms with Gasteiger partial charge in [-0.1, -0.05) is 37.1 Å². The lowest BCUT2D eigenvalue weighted by Crippen LogP contribution is -2.54. The summed E-state index contributed by atoms with van der Waals surface area (Å²) < 4.78 is 6.16. The largest absolute Gasteiger partial charge is 0.374 e. The molecule has 0 saturated heterocycles. The Hall–Kier alpha value is -0.900. The molecule has 2 aliphatic rings. The predicted octanol–water partition coefficient (Wildman–Crippen LogP) is 2.90. The van der Waals surface area contributed by atoms with Crippen LogP contribution < -0.4 is 11.3 Å². The zero-order valence-electron chi connectivity index (χ0n) is 12.4. The Labute approximate surface area is 121 Å². The van der Waals surface area contributed by atoms with Crippen molar-refractivity contribution in [1.29, 1.82) is 0 Å². The number of ether oxygens (including phenoxy) is 1. The van der Waals surface area contributed by atoms with Gasteiger partial charge in [-0.25, -0.2) is 0 Å². The minimum Gasteiger partial charge on any atom is -0.374 e. The van der Waals surface area contributed by atoms with Crippen molar-refractivity contribution < 1.29 is 4.74 Å². The molecule has 1 saturated carbocycles. The molecule has 1 aromatic carbocycles. The Morgan fingerprint density at radius 1 is 1.35 bits per heavy atom. The number of nitrogens with two attached hydrogens (primary N) is 1. The van der Waals surface area contributed by atoms with E-state index in [0.717, 1.165) is 25.9 Å². The average Bonchev–Trinajstić information content (AvgIpc) is 2.90. The SMILES string of the molecule is CCOC1(C(CC2Cc3ccccc32)NN)CCCC1. The van der Waals surface area contributed by atoms with Gasteiger partial charge < -0.3 is 4.74 Å². The van der Waals surface area contributed by atoms with Crippen LogP contribution in [0.2, 0.25) is 0 Å². The number of hydrogen-bond acceptors (Lipinski definition) is 3. The molecule has 20 heavy (non-hydrogen) atoms. The molecular weight excluding hydrogens is 248 g/mol. The molecule has 0 heterocycles. The fourth-order valence-corrected chi connectivity index (χ4v) is 4.15. The van der Waals surface area contributed by atoms with E-state index in [1.165, 1.54) is 30.4 Å². The maximum atomic E-state index is 6.16. The van der Waals surface area contributed by atoms with Gasteiger partial charge >= 0.3 is 0 Å². The second-order valence-electron chi connectivity index (χ2n) is 6.26. The Balaban J connectivity index is 1.71. The van der Waals surface area contributed by atoms with Crippen LogP contribution >= 0.6 is 0 Å². The van der Waals surface area contributed by atoms with Crippen molar-refractivity contribution in [1.82, 2.24) is 5.43 Å². The Kier molecular flexibility index (Phi) is 4.11. The summed E-state index contributed by atoms with van der Waals surface area (Å²) in [5, 5.41) is 0. The van der Waals surface area contributed by atoms with Crippen LogP contribution in [0.1, 0.15) is 56.1 Å². The highest BCUT2D eigenvalue weighted by atomic mass is 16.5.